The van der Waals surface area contributed by atoms with E-state index >= 15 is 0 Å². The minimum atomic E-state index is -3.01. The van der Waals surface area contributed by atoms with Crippen molar-refractivity contribution in [2.24, 2.45) is 5.92 Å². The van der Waals surface area contributed by atoms with E-state index in [2.05, 4.69) is 0 Å². The Morgan fingerprint density at radius 2 is 1.87 bits per heavy atom. The van der Waals surface area contributed by atoms with Gasteiger partial charge >= 0.3 is 0 Å². The van der Waals surface area contributed by atoms with E-state index in [0.29, 0.717) is 6.61 Å². The Bertz CT molecular complexity index is 259. The number of rotatable bonds is 7. The van der Waals surface area contributed by atoms with Crippen LogP contribution in [0.15, 0.2) is 0 Å². The zero-order valence-electron chi connectivity index (χ0n) is 9.93. The van der Waals surface area contributed by atoms with Crippen LogP contribution < -0.4 is 0 Å². The molecule has 0 bridgehead atoms. The van der Waals surface area contributed by atoms with Gasteiger partial charge < -0.3 is 9.84 Å². The van der Waals surface area contributed by atoms with Crippen molar-refractivity contribution in [1.29, 1.82) is 0 Å². The van der Waals surface area contributed by atoms with E-state index in [1.165, 1.54) is 6.26 Å². The summed E-state index contributed by atoms with van der Waals surface area (Å²) in [4.78, 5) is 0. The number of aliphatic hydroxyl groups is 1. The van der Waals surface area contributed by atoms with E-state index in [1.54, 1.807) is 0 Å². The van der Waals surface area contributed by atoms with E-state index in [4.69, 9.17) is 4.74 Å². The molecule has 0 heterocycles. The van der Waals surface area contributed by atoms with E-state index in [0.717, 1.165) is 0 Å². The first kappa shape index (κ1) is 14.9. The monoisotopic (exact) mass is 238 g/mol. The van der Waals surface area contributed by atoms with Crippen molar-refractivity contribution in [2.75, 3.05) is 18.6 Å². The van der Waals surface area contributed by atoms with Gasteiger partial charge in [-0.25, -0.2) is 8.42 Å². The van der Waals surface area contributed by atoms with Gasteiger partial charge in [0.1, 0.15) is 9.84 Å². The van der Waals surface area contributed by atoms with Crippen LogP contribution in [0.3, 0.4) is 0 Å². The van der Waals surface area contributed by atoms with Crippen molar-refractivity contribution < 1.29 is 18.3 Å². The maximum absolute atomic E-state index is 10.9. The van der Waals surface area contributed by atoms with Crippen molar-refractivity contribution >= 4 is 9.84 Å². The van der Waals surface area contributed by atoms with Crippen LogP contribution in [0.2, 0.25) is 0 Å². The molecule has 0 saturated carbocycles. The third kappa shape index (κ3) is 6.87. The van der Waals surface area contributed by atoms with Crippen molar-refractivity contribution in [3.63, 3.8) is 0 Å². The molecule has 15 heavy (non-hydrogen) atoms. The lowest BCUT2D eigenvalue weighted by Crippen LogP contribution is -2.35. The van der Waals surface area contributed by atoms with Gasteiger partial charge in [0, 0.05) is 12.9 Å². The van der Waals surface area contributed by atoms with Gasteiger partial charge in [-0.05, 0) is 19.3 Å². The fourth-order valence-electron chi connectivity index (χ4n) is 1.44. The number of hydrogen-bond acceptors (Lipinski definition) is 4. The summed E-state index contributed by atoms with van der Waals surface area (Å²) >= 11 is 0. The minimum absolute atomic E-state index is 0.00443. The standard InChI is InChI=1S/C10H22O4S/c1-5-14-10(8(2)3)9(11)6-7-15(4,12)13/h8-11H,5-7H2,1-4H3. The summed E-state index contributed by atoms with van der Waals surface area (Å²) < 4.78 is 27.3. The first-order valence-electron chi connectivity index (χ1n) is 5.25. The molecule has 0 spiro atoms. The number of aliphatic hydroxyl groups excluding tert-OH is 1. The van der Waals surface area contributed by atoms with Crippen LogP contribution in [-0.2, 0) is 14.6 Å². The molecule has 0 aliphatic carbocycles. The second kappa shape index (κ2) is 6.45. The molecule has 0 aromatic rings. The quantitative estimate of drug-likeness (QED) is 0.714. The predicted molar refractivity (Wildman–Crippen MR) is 60.6 cm³/mol. The highest BCUT2D eigenvalue weighted by Crippen LogP contribution is 2.14. The maximum atomic E-state index is 10.9. The molecule has 92 valence electrons. The lowest BCUT2D eigenvalue weighted by molar-refractivity contribution is -0.0574. The molecule has 2 atom stereocenters. The highest BCUT2D eigenvalue weighted by Gasteiger charge is 2.23. The Kier molecular flexibility index (Phi) is 6.40. The molecule has 0 aromatic heterocycles. The lowest BCUT2D eigenvalue weighted by Gasteiger charge is -2.25. The van der Waals surface area contributed by atoms with Crippen LogP contribution in [0.1, 0.15) is 27.2 Å². The van der Waals surface area contributed by atoms with Crippen LogP contribution in [0.4, 0.5) is 0 Å². The summed E-state index contributed by atoms with van der Waals surface area (Å²) in [7, 11) is -3.01. The number of hydrogen-bond donors (Lipinski definition) is 1. The molecular formula is C10H22O4S. The van der Waals surface area contributed by atoms with Gasteiger partial charge in [-0.1, -0.05) is 13.8 Å². The average molecular weight is 238 g/mol. The Morgan fingerprint density at radius 3 is 2.20 bits per heavy atom. The second-order valence-electron chi connectivity index (χ2n) is 4.15. The van der Waals surface area contributed by atoms with E-state index in [-0.39, 0.29) is 24.2 Å². The first-order chi connectivity index (χ1) is 6.78. The molecule has 4 nitrogen and oxygen atoms in total. The van der Waals surface area contributed by atoms with E-state index in [1.807, 2.05) is 20.8 Å². The summed E-state index contributed by atoms with van der Waals surface area (Å²) in [6.07, 6.45) is 0.420. The van der Waals surface area contributed by atoms with Crippen molar-refractivity contribution in [2.45, 2.75) is 39.4 Å². The second-order valence-corrected chi connectivity index (χ2v) is 6.41. The molecule has 0 aromatic carbocycles. The zero-order chi connectivity index (χ0) is 12.1. The van der Waals surface area contributed by atoms with Gasteiger partial charge in [0.2, 0.25) is 0 Å². The lowest BCUT2D eigenvalue weighted by atomic mass is 10.00. The Labute approximate surface area is 92.6 Å². The van der Waals surface area contributed by atoms with Crippen LogP contribution >= 0.6 is 0 Å². The molecule has 0 radical (unpaired) electrons. The number of sulfone groups is 1. The average Bonchev–Trinajstić information content (AvgIpc) is 2.08. The summed E-state index contributed by atoms with van der Waals surface area (Å²) in [6.45, 7) is 6.28. The molecular weight excluding hydrogens is 216 g/mol. The Balaban J connectivity index is 4.20. The molecule has 0 fully saturated rings. The van der Waals surface area contributed by atoms with Crippen molar-refractivity contribution in [1.82, 2.24) is 0 Å². The summed E-state index contributed by atoms with van der Waals surface area (Å²) in [6, 6.07) is 0. The van der Waals surface area contributed by atoms with Crippen LogP contribution in [0.25, 0.3) is 0 Å². The highest BCUT2D eigenvalue weighted by molar-refractivity contribution is 7.90. The summed E-state index contributed by atoms with van der Waals surface area (Å²) in [5.74, 6) is 0.185. The summed E-state index contributed by atoms with van der Waals surface area (Å²) in [5, 5.41) is 9.78. The molecule has 0 saturated heterocycles. The third-order valence-electron chi connectivity index (χ3n) is 2.18. The van der Waals surface area contributed by atoms with Gasteiger partial charge in [-0.15, -0.1) is 0 Å². The molecule has 2 unspecified atom stereocenters. The van der Waals surface area contributed by atoms with E-state index in [9.17, 15) is 13.5 Å². The molecule has 0 aliphatic rings. The van der Waals surface area contributed by atoms with Gasteiger partial charge in [-0.2, -0.15) is 0 Å². The molecule has 5 heteroatoms. The minimum Gasteiger partial charge on any atom is -0.390 e. The molecule has 0 amide bonds. The maximum Gasteiger partial charge on any atom is 0.147 e. The zero-order valence-corrected chi connectivity index (χ0v) is 10.8. The topological polar surface area (TPSA) is 63.6 Å². The van der Waals surface area contributed by atoms with Gasteiger partial charge in [0.05, 0.1) is 18.0 Å². The van der Waals surface area contributed by atoms with E-state index < -0.39 is 15.9 Å². The fraction of sp³-hybridized carbons (Fsp3) is 1.00. The summed E-state index contributed by atoms with van der Waals surface area (Å²) in [5.41, 5.74) is 0. The smallest absolute Gasteiger partial charge is 0.147 e. The van der Waals surface area contributed by atoms with Crippen LogP contribution in [0, 0.1) is 5.92 Å². The first-order valence-corrected chi connectivity index (χ1v) is 7.31. The van der Waals surface area contributed by atoms with Crippen molar-refractivity contribution in [3.05, 3.63) is 0 Å². The van der Waals surface area contributed by atoms with Crippen LogP contribution in [0.5, 0.6) is 0 Å². The largest absolute Gasteiger partial charge is 0.390 e. The third-order valence-corrected chi connectivity index (χ3v) is 3.16. The van der Waals surface area contributed by atoms with Gasteiger partial charge in [-0.3, -0.25) is 0 Å². The van der Waals surface area contributed by atoms with Gasteiger partial charge in [0.25, 0.3) is 0 Å². The predicted octanol–water partition coefficient (Wildman–Crippen LogP) is 0.843. The van der Waals surface area contributed by atoms with Crippen molar-refractivity contribution in [3.8, 4) is 0 Å². The fourth-order valence-corrected chi connectivity index (χ4v) is 2.11. The Morgan fingerprint density at radius 1 is 1.33 bits per heavy atom. The normalized spacial score (nSPS) is 16.7. The number of ether oxygens (including phenoxy) is 1. The molecule has 1 N–H and O–H groups in total. The van der Waals surface area contributed by atoms with Gasteiger partial charge in [0.15, 0.2) is 0 Å². The Hall–Kier alpha value is -0.130. The molecule has 0 aliphatic heterocycles. The molecule has 0 rings (SSSR count). The SMILES string of the molecule is CCOC(C(C)C)C(O)CCS(C)(=O)=O. The van der Waals surface area contributed by atoms with Crippen LogP contribution in [-0.4, -0.2) is 44.3 Å². The highest BCUT2D eigenvalue weighted by atomic mass is 32.2.